The minimum atomic E-state index is -0.519. The van der Waals surface area contributed by atoms with Crippen molar-refractivity contribution in [2.75, 3.05) is 13.4 Å². The Hall–Kier alpha value is -5.29. The number of rotatable bonds is 14. The van der Waals surface area contributed by atoms with Crippen molar-refractivity contribution in [3.63, 3.8) is 0 Å². The second-order valence-corrected chi connectivity index (χ2v) is 16.4. The van der Waals surface area contributed by atoms with E-state index >= 15 is 0 Å². The summed E-state index contributed by atoms with van der Waals surface area (Å²) in [6.45, 7) is 11.4. The number of aryl methyl sites for hydroxylation is 1. The monoisotopic (exact) mass is 818 g/mol. The van der Waals surface area contributed by atoms with Crippen molar-refractivity contribution in [2.45, 2.75) is 71.7 Å². The number of ether oxygens (including phenoxy) is 1. The number of Topliss-reactive ketones (excluding diaryl/α,β-unsaturated/α-hetero) is 2. The van der Waals surface area contributed by atoms with Crippen molar-refractivity contribution in [1.29, 1.82) is 0 Å². The van der Waals surface area contributed by atoms with Gasteiger partial charge in [-0.2, -0.15) is 11.8 Å². The van der Waals surface area contributed by atoms with Crippen LogP contribution >= 0.6 is 11.8 Å². The maximum absolute atomic E-state index is 11.4. The minimum Gasteiger partial charge on any atom is -0.378 e. The Morgan fingerprint density at radius 1 is 0.567 bits per heavy atom. The molecular formula is C56H66O3S. The van der Waals surface area contributed by atoms with Gasteiger partial charge in [-0.25, -0.2) is 0 Å². The van der Waals surface area contributed by atoms with Crippen molar-refractivity contribution < 1.29 is 14.3 Å². The van der Waals surface area contributed by atoms with E-state index in [4.69, 9.17) is 4.74 Å². The first-order chi connectivity index (χ1) is 29.0. The number of benzene rings is 5. The Kier molecular flexibility index (Phi) is 23.1. The van der Waals surface area contributed by atoms with E-state index in [1.54, 1.807) is 18.2 Å². The SMILES string of the molecule is CC(/C=C/c1ccccc1)C1CCc2ccccc21.CC(=O)C(C(C)=O)C(C)/C=C/c1ccccc1.COC(C)/C=C/c1ccccc1.CSC(C)/C=C/c1ccccc1. The van der Waals surface area contributed by atoms with Gasteiger partial charge in [0.1, 0.15) is 11.6 Å². The van der Waals surface area contributed by atoms with Crippen LogP contribution in [0.2, 0.25) is 0 Å². The van der Waals surface area contributed by atoms with E-state index in [2.05, 4.69) is 141 Å². The number of hydrogen-bond acceptors (Lipinski definition) is 4. The van der Waals surface area contributed by atoms with Gasteiger partial charge in [0.05, 0.1) is 12.0 Å². The highest BCUT2D eigenvalue weighted by atomic mass is 32.2. The molecule has 1 aliphatic rings. The molecule has 5 unspecified atom stereocenters. The van der Waals surface area contributed by atoms with Crippen LogP contribution in [-0.2, 0) is 20.7 Å². The third-order valence-corrected chi connectivity index (χ3v) is 11.4. The van der Waals surface area contributed by atoms with Gasteiger partial charge in [0.2, 0.25) is 0 Å². The highest BCUT2D eigenvalue weighted by Crippen LogP contribution is 2.38. The van der Waals surface area contributed by atoms with Crippen LogP contribution in [0.15, 0.2) is 170 Å². The van der Waals surface area contributed by atoms with Crippen LogP contribution in [0, 0.1) is 17.8 Å². The van der Waals surface area contributed by atoms with Crippen LogP contribution in [0.3, 0.4) is 0 Å². The summed E-state index contributed by atoms with van der Waals surface area (Å²) in [7, 11) is 1.71. The molecule has 1 aliphatic carbocycles. The van der Waals surface area contributed by atoms with Gasteiger partial charge >= 0.3 is 0 Å². The summed E-state index contributed by atoms with van der Waals surface area (Å²) in [6, 6.07) is 49.9. The van der Waals surface area contributed by atoms with Gasteiger partial charge in [0.25, 0.3) is 0 Å². The highest BCUT2D eigenvalue weighted by Gasteiger charge is 2.25. The average Bonchev–Trinajstić information content (AvgIpc) is 3.72. The second-order valence-electron chi connectivity index (χ2n) is 15.2. The zero-order valence-corrected chi connectivity index (χ0v) is 37.8. The molecule has 0 radical (unpaired) electrons. The van der Waals surface area contributed by atoms with Gasteiger partial charge in [-0.3, -0.25) is 9.59 Å². The van der Waals surface area contributed by atoms with Gasteiger partial charge in [0.15, 0.2) is 0 Å². The van der Waals surface area contributed by atoms with E-state index in [0.29, 0.717) is 17.1 Å². The van der Waals surface area contributed by atoms with Crippen LogP contribution < -0.4 is 0 Å². The second kappa shape index (κ2) is 28.2. The summed E-state index contributed by atoms with van der Waals surface area (Å²) in [5.41, 5.74) is 7.96. The molecule has 0 aliphatic heterocycles. The lowest BCUT2D eigenvalue weighted by molar-refractivity contribution is -0.131. The molecule has 0 saturated heterocycles. The molecule has 5 aromatic carbocycles. The van der Waals surface area contributed by atoms with E-state index < -0.39 is 5.92 Å². The molecule has 5 aromatic rings. The summed E-state index contributed by atoms with van der Waals surface area (Å²) in [4.78, 5) is 22.8. The normalized spacial score (nSPS) is 15.2. The fourth-order valence-corrected chi connectivity index (χ4v) is 7.08. The number of hydrogen-bond donors (Lipinski definition) is 0. The smallest absolute Gasteiger partial charge is 0.140 e. The lowest BCUT2D eigenvalue weighted by Gasteiger charge is -2.16. The zero-order chi connectivity index (χ0) is 43.5. The Labute approximate surface area is 366 Å². The Morgan fingerprint density at radius 3 is 1.40 bits per heavy atom. The predicted molar refractivity (Wildman–Crippen MR) is 262 cm³/mol. The van der Waals surface area contributed by atoms with Gasteiger partial charge in [-0.15, -0.1) is 0 Å². The molecular weight excluding hydrogens is 753 g/mol. The minimum absolute atomic E-state index is 0.0646. The molecule has 6 rings (SSSR count). The number of thioether (sulfide) groups is 1. The summed E-state index contributed by atoms with van der Waals surface area (Å²) < 4.78 is 5.09. The molecule has 60 heavy (non-hydrogen) atoms. The summed E-state index contributed by atoms with van der Waals surface area (Å²) in [5, 5.41) is 0.602. The van der Waals surface area contributed by atoms with Crippen LogP contribution in [0.1, 0.15) is 87.3 Å². The first-order valence-corrected chi connectivity index (χ1v) is 22.4. The van der Waals surface area contributed by atoms with E-state index in [1.807, 2.05) is 98.4 Å². The van der Waals surface area contributed by atoms with Crippen molar-refractivity contribution in [2.24, 2.45) is 17.8 Å². The van der Waals surface area contributed by atoms with Crippen molar-refractivity contribution >= 4 is 47.6 Å². The number of allylic oxidation sites excluding steroid dienone is 2. The fraction of sp³-hybridized carbons (Fsp3) is 0.286. The summed E-state index contributed by atoms with van der Waals surface area (Å²) in [5.74, 6) is 0.575. The topological polar surface area (TPSA) is 43.4 Å². The molecule has 0 N–H and O–H groups in total. The highest BCUT2D eigenvalue weighted by molar-refractivity contribution is 7.99. The lowest BCUT2D eigenvalue weighted by atomic mass is 9.87. The van der Waals surface area contributed by atoms with Crippen LogP contribution in [0.25, 0.3) is 24.3 Å². The fourth-order valence-electron chi connectivity index (χ4n) is 6.84. The quantitative estimate of drug-likeness (QED) is 0.105. The van der Waals surface area contributed by atoms with Crippen molar-refractivity contribution in [1.82, 2.24) is 0 Å². The molecule has 0 aromatic heterocycles. The number of carbonyl (C=O) groups is 2. The van der Waals surface area contributed by atoms with E-state index in [1.165, 1.54) is 43.4 Å². The van der Waals surface area contributed by atoms with E-state index in [9.17, 15) is 9.59 Å². The Bertz CT molecular complexity index is 1980. The van der Waals surface area contributed by atoms with Gasteiger partial charge in [0, 0.05) is 12.4 Å². The maximum Gasteiger partial charge on any atom is 0.140 e. The van der Waals surface area contributed by atoms with Crippen molar-refractivity contribution in [3.8, 4) is 0 Å². The van der Waals surface area contributed by atoms with Gasteiger partial charge in [-0.05, 0) is 97.9 Å². The van der Waals surface area contributed by atoms with Crippen LogP contribution in [-0.4, -0.2) is 36.3 Å². The average molecular weight is 819 g/mol. The molecule has 4 heteroatoms. The van der Waals surface area contributed by atoms with Crippen molar-refractivity contribution in [3.05, 3.63) is 203 Å². The lowest BCUT2D eigenvalue weighted by Crippen LogP contribution is -2.25. The van der Waals surface area contributed by atoms with Gasteiger partial charge < -0.3 is 4.74 Å². The van der Waals surface area contributed by atoms with E-state index in [-0.39, 0.29) is 23.6 Å². The Balaban J connectivity index is 0.000000218. The number of carbonyl (C=O) groups excluding carboxylic acids is 2. The summed E-state index contributed by atoms with van der Waals surface area (Å²) >= 11 is 1.86. The standard InChI is InChI=1S/C19H20.C15H18O2.C11H14O.C11H14S/c1-15(11-12-16-7-3-2-4-8-16)18-14-13-17-9-5-6-10-19(17)18;1-11(15(12(2)16)13(3)17)9-10-14-7-5-4-6-8-14;2*1-10(12-2)8-9-11-6-4-3-5-7-11/h2-12,15,18H,13-14H2,1H3;4-11,15H,1-3H3;2*3-10H,1-2H3/b12-11+;10-9+;2*9-8+. The number of ketones is 2. The first kappa shape index (κ1) is 49.1. The maximum atomic E-state index is 11.4. The molecule has 0 bridgehead atoms. The molecule has 0 spiro atoms. The molecule has 5 atom stereocenters. The molecule has 314 valence electrons. The predicted octanol–water partition coefficient (Wildman–Crippen LogP) is 14.4. The molecule has 0 fully saturated rings. The molecule has 0 saturated carbocycles. The largest absolute Gasteiger partial charge is 0.378 e. The number of fused-ring (bicyclic) bond motifs is 1. The van der Waals surface area contributed by atoms with Crippen LogP contribution in [0.4, 0.5) is 0 Å². The third kappa shape index (κ3) is 18.7. The van der Waals surface area contributed by atoms with Crippen LogP contribution in [0.5, 0.6) is 0 Å². The third-order valence-electron chi connectivity index (χ3n) is 10.5. The molecule has 0 amide bonds. The summed E-state index contributed by atoms with van der Waals surface area (Å²) in [6.07, 6.45) is 21.8. The van der Waals surface area contributed by atoms with E-state index in [0.717, 1.165) is 5.56 Å². The molecule has 0 heterocycles. The zero-order valence-electron chi connectivity index (χ0n) is 37.0. The first-order valence-electron chi connectivity index (χ1n) is 21.1. The number of methoxy groups -OCH3 is 1. The molecule has 3 nitrogen and oxygen atoms in total. The van der Waals surface area contributed by atoms with Gasteiger partial charge in [-0.1, -0.05) is 208 Å². The Morgan fingerprint density at radius 2 is 0.967 bits per heavy atom.